The van der Waals surface area contributed by atoms with Crippen LogP contribution in [0, 0.1) is 13.8 Å². The van der Waals surface area contributed by atoms with Gasteiger partial charge in [-0.1, -0.05) is 26.0 Å². The Balaban J connectivity index is 1.52. The molecule has 0 radical (unpaired) electrons. The summed E-state index contributed by atoms with van der Waals surface area (Å²) in [7, 11) is 0. The average Bonchev–Trinajstić information content (AvgIpc) is 3.08. The van der Waals surface area contributed by atoms with Gasteiger partial charge in [0, 0.05) is 35.8 Å². The van der Waals surface area contributed by atoms with Crippen LogP contribution in [-0.2, 0) is 13.0 Å². The van der Waals surface area contributed by atoms with E-state index < -0.39 is 12.7 Å². The Morgan fingerprint density at radius 2 is 1.86 bits per heavy atom. The number of hydrogen-bond acceptors (Lipinski definition) is 6. The minimum Gasteiger partial charge on any atom is -0.491 e. The van der Waals surface area contributed by atoms with E-state index in [9.17, 15) is 4.39 Å². The minimum absolute atomic E-state index is 0.239. The normalized spacial score (nSPS) is 14.6. The van der Waals surface area contributed by atoms with Gasteiger partial charge < -0.3 is 20.4 Å². The second kappa shape index (κ2) is 9.85. The van der Waals surface area contributed by atoms with Gasteiger partial charge >= 0.3 is 0 Å². The molecule has 0 fully saturated rings. The first-order chi connectivity index (χ1) is 17.3. The number of anilines is 1. The molecular weight excluding hydrogens is 455 g/mol. The largest absolute Gasteiger partial charge is 0.491 e. The van der Waals surface area contributed by atoms with Crippen LogP contribution in [0.3, 0.4) is 0 Å². The smallest absolute Gasteiger partial charge is 0.136 e. The standard InChI is InChI=1S/C28H33FN6O/c1-16(2)27-17(3)31-26(13-22(30)14-29)34-28(27)35-9-10-36-25-8-6-19(11-21(25)15-35)20-5-7-23-24(12-20)33-18(4)32-23/h5-8,11-12,16,22H,9-10,13-15,30H2,1-4H3,(H,32,33). The molecule has 3 heterocycles. The van der Waals surface area contributed by atoms with Gasteiger partial charge in [-0.05, 0) is 55.2 Å². The Labute approximate surface area is 210 Å². The van der Waals surface area contributed by atoms with Gasteiger partial charge in [0.05, 0.1) is 17.6 Å². The van der Waals surface area contributed by atoms with Crippen molar-refractivity contribution in [1.29, 1.82) is 0 Å². The molecule has 1 atom stereocenters. The van der Waals surface area contributed by atoms with Gasteiger partial charge in [-0.3, -0.25) is 0 Å². The van der Waals surface area contributed by atoms with Gasteiger partial charge in [0.25, 0.3) is 0 Å². The molecule has 0 saturated carbocycles. The van der Waals surface area contributed by atoms with Gasteiger partial charge in [-0.25, -0.2) is 19.3 Å². The molecule has 1 unspecified atom stereocenters. The van der Waals surface area contributed by atoms with Crippen LogP contribution in [0.1, 0.15) is 48.2 Å². The summed E-state index contributed by atoms with van der Waals surface area (Å²) < 4.78 is 19.2. The fraction of sp³-hybridized carbons (Fsp3) is 0.393. The van der Waals surface area contributed by atoms with Gasteiger partial charge in [-0.2, -0.15) is 0 Å². The van der Waals surface area contributed by atoms with Crippen LogP contribution < -0.4 is 15.4 Å². The summed E-state index contributed by atoms with van der Waals surface area (Å²) in [6.07, 6.45) is 0.309. The predicted molar refractivity (Wildman–Crippen MR) is 141 cm³/mol. The first-order valence-corrected chi connectivity index (χ1v) is 12.5. The third kappa shape index (κ3) is 4.78. The second-order valence-electron chi connectivity index (χ2n) is 9.88. The van der Waals surface area contributed by atoms with Gasteiger partial charge in [0.2, 0.25) is 0 Å². The Morgan fingerprint density at radius 3 is 2.64 bits per heavy atom. The van der Waals surface area contributed by atoms with Crippen molar-refractivity contribution in [1.82, 2.24) is 19.9 Å². The number of aromatic nitrogens is 4. The lowest BCUT2D eigenvalue weighted by Crippen LogP contribution is -2.30. The van der Waals surface area contributed by atoms with Crippen molar-refractivity contribution >= 4 is 16.9 Å². The first-order valence-electron chi connectivity index (χ1n) is 12.5. The fourth-order valence-corrected chi connectivity index (χ4v) is 4.99. The number of aryl methyl sites for hydroxylation is 2. The molecular formula is C28H33FN6O. The van der Waals surface area contributed by atoms with Gasteiger partial charge in [0.15, 0.2) is 0 Å². The zero-order valence-electron chi connectivity index (χ0n) is 21.3. The topological polar surface area (TPSA) is 93.0 Å². The highest BCUT2D eigenvalue weighted by Crippen LogP contribution is 2.34. The van der Waals surface area contributed by atoms with E-state index >= 15 is 0 Å². The number of nitrogens with one attached hydrogen (secondary N) is 1. The van der Waals surface area contributed by atoms with E-state index in [4.69, 9.17) is 15.5 Å². The van der Waals surface area contributed by atoms with E-state index in [1.807, 2.05) is 19.9 Å². The number of fused-ring (bicyclic) bond motifs is 2. The Hall–Kier alpha value is -3.52. The highest BCUT2D eigenvalue weighted by atomic mass is 19.1. The lowest BCUT2D eigenvalue weighted by atomic mass is 10.00. The van der Waals surface area contributed by atoms with Crippen LogP contribution in [0.2, 0.25) is 0 Å². The lowest BCUT2D eigenvalue weighted by molar-refractivity contribution is 0.331. The minimum atomic E-state index is -0.603. The van der Waals surface area contributed by atoms with Crippen LogP contribution in [0.4, 0.5) is 10.2 Å². The number of H-pyrrole nitrogens is 1. The molecule has 2 aromatic carbocycles. The molecule has 0 spiro atoms. The summed E-state index contributed by atoms with van der Waals surface area (Å²) in [6, 6.07) is 12.0. The summed E-state index contributed by atoms with van der Waals surface area (Å²) >= 11 is 0. The number of alkyl halides is 1. The molecule has 188 valence electrons. The third-order valence-corrected chi connectivity index (χ3v) is 6.66. The Morgan fingerprint density at radius 1 is 1.08 bits per heavy atom. The van der Waals surface area contributed by atoms with E-state index in [2.05, 4.69) is 64.0 Å². The molecule has 1 aliphatic heterocycles. The van der Waals surface area contributed by atoms with Gasteiger partial charge in [-0.15, -0.1) is 0 Å². The molecule has 2 aromatic heterocycles. The van der Waals surface area contributed by atoms with Crippen molar-refractivity contribution in [3.05, 3.63) is 64.9 Å². The van der Waals surface area contributed by atoms with Gasteiger partial charge in [0.1, 0.15) is 36.5 Å². The van der Waals surface area contributed by atoms with Crippen LogP contribution in [0.15, 0.2) is 36.4 Å². The highest BCUT2D eigenvalue weighted by molar-refractivity contribution is 5.82. The number of ether oxygens (including phenoxy) is 1. The summed E-state index contributed by atoms with van der Waals surface area (Å²) in [5, 5.41) is 0. The van der Waals surface area contributed by atoms with Crippen molar-refractivity contribution < 1.29 is 9.13 Å². The summed E-state index contributed by atoms with van der Waals surface area (Å²) in [4.78, 5) is 19.7. The number of halogens is 1. The molecule has 5 rings (SSSR count). The third-order valence-electron chi connectivity index (χ3n) is 6.66. The summed E-state index contributed by atoms with van der Waals surface area (Å²) in [5.41, 5.74) is 13.2. The SMILES string of the molecule is Cc1nc2ccc(-c3ccc4c(c3)CN(c3nc(CC(N)CF)nc(C)c3C(C)C)CCO4)cc2[nH]1. The molecule has 7 nitrogen and oxygen atoms in total. The lowest BCUT2D eigenvalue weighted by Gasteiger charge is -2.27. The summed E-state index contributed by atoms with van der Waals surface area (Å²) in [5.74, 6) is 3.50. The molecule has 0 aliphatic carbocycles. The van der Waals surface area contributed by atoms with Crippen LogP contribution >= 0.6 is 0 Å². The highest BCUT2D eigenvalue weighted by Gasteiger charge is 2.24. The average molecular weight is 489 g/mol. The van der Waals surface area contributed by atoms with E-state index in [0.29, 0.717) is 31.9 Å². The maximum absolute atomic E-state index is 13.1. The van der Waals surface area contributed by atoms with Crippen molar-refractivity contribution in [2.75, 3.05) is 24.7 Å². The fourth-order valence-electron chi connectivity index (χ4n) is 4.99. The molecule has 1 aliphatic rings. The number of benzene rings is 2. The second-order valence-corrected chi connectivity index (χ2v) is 9.88. The van der Waals surface area contributed by atoms with E-state index in [0.717, 1.165) is 56.4 Å². The molecule has 8 heteroatoms. The maximum atomic E-state index is 13.1. The zero-order chi connectivity index (χ0) is 25.4. The number of aromatic amines is 1. The van der Waals surface area contributed by atoms with Crippen molar-refractivity contribution in [3.63, 3.8) is 0 Å². The predicted octanol–water partition coefficient (Wildman–Crippen LogP) is 5.00. The molecule has 3 N–H and O–H groups in total. The van der Waals surface area contributed by atoms with E-state index in [1.165, 1.54) is 0 Å². The first kappa shape index (κ1) is 24.2. The monoisotopic (exact) mass is 488 g/mol. The van der Waals surface area contributed by atoms with Crippen LogP contribution in [-0.4, -0.2) is 45.8 Å². The molecule has 0 saturated heterocycles. The molecule has 4 aromatic rings. The van der Waals surface area contributed by atoms with Crippen LogP contribution in [0.5, 0.6) is 5.75 Å². The Bertz CT molecular complexity index is 1400. The number of hydrogen-bond donors (Lipinski definition) is 2. The molecule has 0 amide bonds. The Kier molecular flexibility index (Phi) is 6.62. The maximum Gasteiger partial charge on any atom is 0.136 e. The number of nitrogens with two attached hydrogens (primary N) is 1. The van der Waals surface area contributed by atoms with Crippen molar-refractivity contribution in [2.45, 2.75) is 52.6 Å². The number of nitrogens with zero attached hydrogens (tertiary/aromatic N) is 4. The van der Waals surface area contributed by atoms with E-state index in [-0.39, 0.29) is 5.92 Å². The number of rotatable bonds is 6. The number of imidazole rings is 1. The quantitative estimate of drug-likeness (QED) is 0.397. The molecule has 36 heavy (non-hydrogen) atoms. The van der Waals surface area contributed by atoms with Crippen LogP contribution in [0.25, 0.3) is 22.2 Å². The van der Waals surface area contributed by atoms with Crippen molar-refractivity contribution in [3.8, 4) is 16.9 Å². The van der Waals surface area contributed by atoms with E-state index in [1.54, 1.807) is 0 Å². The zero-order valence-corrected chi connectivity index (χ0v) is 21.3. The summed E-state index contributed by atoms with van der Waals surface area (Å²) in [6.45, 7) is 9.55. The molecule has 0 bridgehead atoms. The van der Waals surface area contributed by atoms with Crippen molar-refractivity contribution in [2.24, 2.45) is 5.73 Å².